The minimum absolute atomic E-state index is 0.0437. The van der Waals surface area contributed by atoms with Crippen LogP contribution in [0.25, 0.3) is 0 Å². The number of sulfonamides is 1. The summed E-state index contributed by atoms with van der Waals surface area (Å²) >= 11 is 0. The van der Waals surface area contributed by atoms with E-state index < -0.39 is 43.9 Å². The zero-order chi connectivity index (χ0) is 25.2. The van der Waals surface area contributed by atoms with Crippen LogP contribution in [0.1, 0.15) is 21.9 Å². The molecule has 0 spiro atoms. The number of carbonyl (C=O) groups excluding carboxylic acids is 1. The van der Waals surface area contributed by atoms with Gasteiger partial charge in [-0.2, -0.15) is 8.42 Å². The quantitative estimate of drug-likeness (QED) is 0.418. The van der Waals surface area contributed by atoms with Crippen LogP contribution in [0.4, 0.5) is 5.69 Å². The van der Waals surface area contributed by atoms with Gasteiger partial charge in [0, 0.05) is 0 Å². The van der Waals surface area contributed by atoms with E-state index in [4.69, 9.17) is 5.14 Å². The number of benzene rings is 3. The molecule has 9 nitrogen and oxygen atoms in total. The van der Waals surface area contributed by atoms with E-state index in [-0.39, 0.29) is 17.9 Å². The number of nitrogens with one attached hydrogen (secondary N) is 1. The molecule has 1 aliphatic rings. The zero-order valence-electron chi connectivity index (χ0n) is 18.6. The predicted octanol–water partition coefficient (Wildman–Crippen LogP) is 2.00. The summed E-state index contributed by atoms with van der Waals surface area (Å²) in [5.41, 5.74) is 2.03. The average molecular weight is 516 g/mol. The molecule has 4 rings (SSSR count). The molecule has 35 heavy (non-hydrogen) atoms. The lowest BCUT2D eigenvalue weighted by Gasteiger charge is -2.27. The fourth-order valence-electron chi connectivity index (χ4n) is 4.45. The van der Waals surface area contributed by atoms with Crippen LogP contribution >= 0.6 is 0 Å². The highest BCUT2D eigenvalue weighted by atomic mass is 32.2. The van der Waals surface area contributed by atoms with Crippen LogP contribution in [-0.4, -0.2) is 34.4 Å². The lowest BCUT2D eigenvalue weighted by molar-refractivity contribution is -0.117. The normalized spacial score (nSPS) is 17.1. The van der Waals surface area contributed by atoms with E-state index in [1.807, 2.05) is 35.1 Å². The molecule has 1 heterocycles. The van der Waals surface area contributed by atoms with E-state index in [1.54, 1.807) is 36.4 Å². The van der Waals surface area contributed by atoms with Gasteiger partial charge >= 0.3 is 10.2 Å². The molecule has 0 bridgehead atoms. The maximum Gasteiger partial charge on any atom is 0.326 e. The number of phenolic OH excluding ortho intramolecular Hbond substituents is 1. The highest BCUT2D eigenvalue weighted by molar-refractivity contribution is 7.92. The molecule has 3 aromatic carbocycles. The van der Waals surface area contributed by atoms with E-state index in [2.05, 4.69) is 0 Å². The Morgan fingerprint density at radius 3 is 2.09 bits per heavy atom. The van der Waals surface area contributed by atoms with Gasteiger partial charge in [0.2, 0.25) is 10.0 Å². The SMILES string of the molecule is NS(=O)(=O)C(c1ccccc1)[C@H](Cc1ccccc1)Cc1ccc(N2CC(=O)NS2(=O)=O)c(O)c1. The van der Waals surface area contributed by atoms with Gasteiger partial charge in [0.25, 0.3) is 5.91 Å². The minimum atomic E-state index is -4.08. The third kappa shape index (κ3) is 5.64. The van der Waals surface area contributed by atoms with Gasteiger partial charge in [-0.15, -0.1) is 0 Å². The van der Waals surface area contributed by atoms with Gasteiger partial charge in [-0.05, 0) is 47.6 Å². The summed E-state index contributed by atoms with van der Waals surface area (Å²) in [6.07, 6.45) is 0.640. The molecule has 1 fully saturated rings. The summed E-state index contributed by atoms with van der Waals surface area (Å²) in [5.74, 6) is -1.53. The topological polar surface area (TPSA) is 147 Å². The second kappa shape index (κ2) is 9.68. The molecule has 1 unspecified atom stereocenters. The van der Waals surface area contributed by atoms with E-state index in [0.29, 0.717) is 17.5 Å². The molecule has 1 aliphatic heterocycles. The molecular formula is C24H25N3O6S2. The summed E-state index contributed by atoms with van der Waals surface area (Å²) in [6.45, 7) is -0.437. The maximum absolute atomic E-state index is 12.8. The number of anilines is 1. The van der Waals surface area contributed by atoms with Crippen molar-refractivity contribution in [1.82, 2.24) is 4.72 Å². The van der Waals surface area contributed by atoms with Crippen molar-refractivity contribution >= 4 is 31.8 Å². The van der Waals surface area contributed by atoms with Gasteiger partial charge in [-0.1, -0.05) is 66.7 Å². The fraction of sp³-hybridized carbons (Fsp3) is 0.208. The van der Waals surface area contributed by atoms with Gasteiger partial charge in [0.15, 0.2) is 0 Å². The third-order valence-corrected chi connectivity index (χ3v) is 8.63. The van der Waals surface area contributed by atoms with E-state index in [1.165, 1.54) is 12.1 Å². The number of nitrogens with two attached hydrogens (primary N) is 1. The fourth-order valence-corrected chi connectivity index (χ4v) is 6.88. The molecule has 3 aromatic rings. The van der Waals surface area contributed by atoms with Crippen LogP contribution in [0.2, 0.25) is 0 Å². The van der Waals surface area contributed by atoms with Gasteiger partial charge in [0.05, 0.1) is 5.69 Å². The largest absolute Gasteiger partial charge is 0.506 e. The molecule has 1 amide bonds. The number of hydrogen-bond donors (Lipinski definition) is 3. The first-order valence-corrected chi connectivity index (χ1v) is 13.9. The zero-order valence-corrected chi connectivity index (χ0v) is 20.2. The summed E-state index contributed by atoms with van der Waals surface area (Å²) in [5, 5.41) is 15.3. The van der Waals surface area contributed by atoms with Crippen LogP contribution in [-0.2, 0) is 37.9 Å². The standard InChI is InChI=1S/C24H25N3O6S2/c25-34(30,31)24(19-9-5-2-6-10-19)20(13-17-7-3-1-4-8-17)14-18-11-12-21(22(28)15-18)27-16-23(29)26-35(27,32)33/h1-12,15,20,24,28H,13-14,16H2,(H,26,29)(H2,25,30,31)/t20-,24?/m1/s1. The molecule has 184 valence electrons. The highest BCUT2D eigenvalue weighted by Gasteiger charge is 2.36. The highest BCUT2D eigenvalue weighted by Crippen LogP contribution is 2.36. The summed E-state index contributed by atoms with van der Waals surface area (Å²) in [6, 6.07) is 22.5. The van der Waals surface area contributed by atoms with Gasteiger partial charge in [-0.25, -0.2) is 22.6 Å². The number of rotatable bonds is 8. The number of carbonyl (C=O) groups is 1. The first kappa shape index (κ1) is 24.7. The Kier molecular flexibility index (Phi) is 6.84. The third-order valence-electron chi connectivity index (χ3n) is 5.88. The van der Waals surface area contributed by atoms with Crippen molar-refractivity contribution in [3.05, 3.63) is 95.6 Å². The molecule has 1 saturated heterocycles. The number of aromatic hydroxyl groups is 1. The molecule has 2 atom stereocenters. The molecule has 0 radical (unpaired) electrons. The second-order valence-corrected chi connectivity index (χ2v) is 11.7. The Morgan fingerprint density at radius 1 is 0.943 bits per heavy atom. The predicted molar refractivity (Wildman–Crippen MR) is 132 cm³/mol. The van der Waals surface area contributed by atoms with Crippen molar-refractivity contribution in [3.63, 3.8) is 0 Å². The van der Waals surface area contributed by atoms with Crippen LogP contribution in [0, 0.1) is 5.92 Å². The number of phenols is 1. The smallest absolute Gasteiger partial charge is 0.326 e. The van der Waals surface area contributed by atoms with Gasteiger partial charge in [0.1, 0.15) is 17.5 Å². The Balaban J connectivity index is 1.71. The summed E-state index contributed by atoms with van der Waals surface area (Å²) in [4.78, 5) is 11.6. The van der Waals surface area contributed by atoms with Crippen molar-refractivity contribution in [2.45, 2.75) is 18.1 Å². The average Bonchev–Trinajstić information content (AvgIpc) is 3.06. The number of nitrogens with zero attached hydrogens (tertiary/aromatic N) is 1. The maximum atomic E-state index is 12.8. The van der Waals surface area contributed by atoms with E-state index >= 15 is 0 Å². The lowest BCUT2D eigenvalue weighted by Crippen LogP contribution is -2.31. The van der Waals surface area contributed by atoms with Crippen molar-refractivity contribution in [1.29, 1.82) is 0 Å². The molecule has 0 aromatic heterocycles. The number of amides is 1. The van der Waals surface area contributed by atoms with Crippen molar-refractivity contribution in [2.24, 2.45) is 11.1 Å². The van der Waals surface area contributed by atoms with Crippen molar-refractivity contribution < 1.29 is 26.7 Å². The van der Waals surface area contributed by atoms with Crippen molar-refractivity contribution in [3.8, 4) is 5.75 Å². The summed E-state index contributed by atoms with van der Waals surface area (Å²) < 4.78 is 52.5. The monoisotopic (exact) mass is 515 g/mol. The Labute approximate surface area is 204 Å². The van der Waals surface area contributed by atoms with E-state index in [9.17, 15) is 26.7 Å². The summed E-state index contributed by atoms with van der Waals surface area (Å²) in [7, 11) is -8.09. The molecular weight excluding hydrogens is 490 g/mol. The van der Waals surface area contributed by atoms with E-state index in [0.717, 1.165) is 9.87 Å². The van der Waals surface area contributed by atoms with Gasteiger partial charge in [-0.3, -0.25) is 4.79 Å². The van der Waals surface area contributed by atoms with Crippen LogP contribution < -0.4 is 14.2 Å². The number of primary sulfonamides is 1. The first-order chi connectivity index (χ1) is 16.5. The van der Waals surface area contributed by atoms with Crippen molar-refractivity contribution in [2.75, 3.05) is 10.8 Å². The van der Waals surface area contributed by atoms with Crippen LogP contribution in [0.5, 0.6) is 5.75 Å². The molecule has 0 saturated carbocycles. The number of hydrogen-bond acceptors (Lipinski definition) is 6. The second-order valence-electron chi connectivity index (χ2n) is 8.43. The Hall–Kier alpha value is -3.41. The molecule has 0 aliphatic carbocycles. The Bertz CT molecular complexity index is 1430. The van der Waals surface area contributed by atoms with Crippen LogP contribution in [0.15, 0.2) is 78.9 Å². The Morgan fingerprint density at radius 2 is 1.54 bits per heavy atom. The molecule has 4 N–H and O–H groups in total. The lowest BCUT2D eigenvalue weighted by atomic mass is 9.86. The minimum Gasteiger partial charge on any atom is -0.506 e. The molecule has 11 heteroatoms. The first-order valence-electron chi connectivity index (χ1n) is 10.8. The van der Waals surface area contributed by atoms with Crippen LogP contribution in [0.3, 0.4) is 0 Å². The van der Waals surface area contributed by atoms with Gasteiger partial charge < -0.3 is 5.11 Å².